The molecule has 0 aliphatic carbocycles. The van der Waals surface area contributed by atoms with E-state index in [4.69, 9.17) is 5.11 Å². The first-order chi connectivity index (χ1) is 5.24. The van der Waals surface area contributed by atoms with Gasteiger partial charge in [0.2, 0.25) is 0 Å². The van der Waals surface area contributed by atoms with Crippen LogP contribution in [0.4, 0.5) is 0 Å². The zero-order valence-corrected chi connectivity index (χ0v) is 9.37. The second-order valence-electron chi connectivity index (χ2n) is 2.36. The van der Waals surface area contributed by atoms with Crippen molar-refractivity contribution in [3.05, 3.63) is 35.4 Å². The maximum atomic E-state index is 10.4. The first-order valence-electron chi connectivity index (χ1n) is 3.56. The van der Waals surface area contributed by atoms with E-state index in [-0.39, 0.29) is 31.0 Å². The summed E-state index contributed by atoms with van der Waals surface area (Å²) in [7, 11) is 0. The molecule has 0 saturated carbocycles. The predicted molar refractivity (Wildman–Crippen MR) is 43.9 cm³/mol. The Balaban J connectivity index is 0. The molecular formula is C9H11NaO2. The Labute approximate surface area is 95.4 Å². The molecule has 0 bridgehead atoms. The minimum absolute atomic E-state index is 0. The number of aromatic carboxylic acids is 1. The largest absolute Gasteiger partial charge is 1.00 e. The van der Waals surface area contributed by atoms with E-state index in [1.165, 1.54) is 0 Å². The van der Waals surface area contributed by atoms with Crippen LogP contribution in [0.25, 0.3) is 0 Å². The van der Waals surface area contributed by atoms with Gasteiger partial charge in [0.1, 0.15) is 0 Å². The molecule has 0 fully saturated rings. The summed E-state index contributed by atoms with van der Waals surface area (Å²) in [6.45, 7) is 2.04. The zero-order chi connectivity index (χ0) is 8.27. The molecule has 2 nitrogen and oxygen atoms in total. The van der Waals surface area contributed by atoms with Gasteiger partial charge in [-0.1, -0.05) is 19.1 Å². The molecule has 3 heteroatoms. The van der Waals surface area contributed by atoms with E-state index >= 15 is 0 Å². The van der Waals surface area contributed by atoms with Gasteiger partial charge in [-0.2, -0.15) is 0 Å². The molecule has 60 valence electrons. The molecule has 0 aromatic heterocycles. The molecule has 0 heterocycles. The van der Waals surface area contributed by atoms with Crippen molar-refractivity contribution in [3.8, 4) is 0 Å². The Hall–Kier alpha value is -0.310. The zero-order valence-electron chi connectivity index (χ0n) is 8.37. The SMILES string of the molecule is CCc1ccc(C(=O)O)cc1.[H-].[Na+]. The van der Waals surface area contributed by atoms with Gasteiger partial charge < -0.3 is 6.53 Å². The summed E-state index contributed by atoms with van der Waals surface area (Å²) in [6, 6.07) is 6.93. The normalized spacial score (nSPS) is 8.75. The number of carboxylic acid groups (broad SMARTS) is 1. The van der Waals surface area contributed by atoms with Crippen molar-refractivity contribution in [1.29, 1.82) is 0 Å². The van der Waals surface area contributed by atoms with Crippen molar-refractivity contribution >= 4 is 5.97 Å². The van der Waals surface area contributed by atoms with Crippen molar-refractivity contribution in [2.75, 3.05) is 0 Å². The molecular weight excluding hydrogens is 163 g/mol. The second-order valence-corrected chi connectivity index (χ2v) is 2.36. The molecule has 0 atom stereocenters. The molecule has 0 aliphatic heterocycles. The number of carbonyl (C=O) groups is 1. The van der Waals surface area contributed by atoms with Gasteiger partial charge in [0.05, 0.1) is 5.56 Å². The molecule has 0 spiro atoms. The molecule has 1 N–H and O–H groups in total. The van der Waals surface area contributed by atoms with Crippen LogP contribution in [0.3, 0.4) is 0 Å². The second kappa shape index (κ2) is 5.36. The first-order valence-corrected chi connectivity index (χ1v) is 3.56. The van der Waals surface area contributed by atoms with E-state index in [0.717, 1.165) is 12.0 Å². The molecule has 1 rings (SSSR count). The number of rotatable bonds is 2. The van der Waals surface area contributed by atoms with Crippen LogP contribution in [-0.4, -0.2) is 11.1 Å². The summed E-state index contributed by atoms with van der Waals surface area (Å²) in [5, 5.41) is 8.55. The average Bonchev–Trinajstić information content (AvgIpc) is 2.05. The standard InChI is InChI=1S/C9H10O2.Na.H/c1-2-7-3-5-8(6-4-7)9(10)11;;/h3-6H,2H2,1H3,(H,10,11);;/q;+1;-1. The maximum Gasteiger partial charge on any atom is 1.00 e. The van der Waals surface area contributed by atoms with Crippen molar-refractivity contribution in [2.45, 2.75) is 13.3 Å². The first kappa shape index (κ1) is 11.7. The van der Waals surface area contributed by atoms with Gasteiger partial charge >= 0.3 is 35.5 Å². The van der Waals surface area contributed by atoms with Gasteiger partial charge in [-0.3, -0.25) is 0 Å². The molecule has 0 saturated heterocycles. The maximum absolute atomic E-state index is 10.4. The van der Waals surface area contributed by atoms with E-state index in [1.807, 2.05) is 19.1 Å². The Morgan fingerprint density at radius 3 is 2.25 bits per heavy atom. The third kappa shape index (κ3) is 2.97. The number of hydrogen-bond acceptors (Lipinski definition) is 1. The van der Waals surface area contributed by atoms with Crippen LogP contribution >= 0.6 is 0 Å². The fraction of sp³-hybridized carbons (Fsp3) is 0.222. The Kier molecular flexibility index (Phi) is 5.22. The molecule has 0 unspecified atom stereocenters. The summed E-state index contributed by atoms with van der Waals surface area (Å²) < 4.78 is 0. The minimum Gasteiger partial charge on any atom is -1.00 e. The van der Waals surface area contributed by atoms with E-state index in [9.17, 15) is 4.79 Å². The molecule has 12 heavy (non-hydrogen) atoms. The number of hydrogen-bond donors (Lipinski definition) is 1. The van der Waals surface area contributed by atoms with Crippen LogP contribution in [0.1, 0.15) is 24.3 Å². The van der Waals surface area contributed by atoms with Gasteiger partial charge in [-0.05, 0) is 24.1 Å². The Morgan fingerprint density at radius 1 is 1.42 bits per heavy atom. The van der Waals surface area contributed by atoms with Crippen molar-refractivity contribution in [3.63, 3.8) is 0 Å². The predicted octanol–water partition coefficient (Wildman–Crippen LogP) is -0.936. The van der Waals surface area contributed by atoms with Crippen molar-refractivity contribution in [1.82, 2.24) is 0 Å². The summed E-state index contributed by atoms with van der Waals surface area (Å²) in [6.07, 6.45) is 0.944. The van der Waals surface area contributed by atoms with Crippen LogP contribution < -0.4 is 29.6 Å². The third-order valence-corrected chi connectivity index (χ3v) is 1.61. The summed E-state index contributed by atoms with van der Waals surface area (Å²) in [4.78, 5) is 10.4. The van der Waals surface area contributed by atoms with Gasteiger partial charge in [0.25, 0.3) is 0 Å². The van der Waals surface area contributed by atoms with E-state index in [0.29, 0.717) is 5.56 Å². The number of benzene rings is 1. The van der Waals surface area contributed by atoms with Gasteiger partial charge in [-0.15, -0.1) is 0 Å². The van der Waals surface area contributed by atoms with E-state index in [2.05, 4.69) is 0 Å². The Bertz CT molecular complexity index is 259. The summed E-state index contributed by atoms with van der Waals surface area (Å²) in [5.74, 6) is -0.868. The fourth-order valence-electron chi connectivity index (χ4n) is 0.883. The van der Waals surface area contributed by atoms with Crippen molar-refractivity contribution < 1.29 is 40.9 Å². The van der Waals surface area contributed by atoms with Gasteiger partial charge in [0, 0.05) is 0 Å². The van der Waals surface area contributed by atoms with Crippen LogP contribution in [-0.2, 0) is 6.42 Å². The van der Waals surface area contributed by atoms with Crippen molar-refractivity contribution in [2.24, 2.45) is 0 Å². The van der Waals surface area contributed by atoms with Crippen LogP contribution in [0.5, 0.6) is 0 Å². The molecule has 0 aliphatic rings. The minimum atomic E-state index is -0.868. The van der Waals surface area contributed by atoms with Crippen LogP contribution in [0.2, 0.25) is 0 Å². The van der Waals surface area contributed by atoms with Gasteiger partial charge in [-0.25, -0.2) is 4.79 Å². The topological polar surface area (TPSA) is 37.3 Å². The smallest absolute Gasteiger partial charge is 1.00 e. The van der Waals surface area contributed by atoms with Crippen LogP contribution in [0, 0.1) is 0 Å². The third-order valence-electron chi connectivity index (χ3n) is 1.61. The van der Waals surface area contributed by atoms with E-state index < -0.39 is 5.97 Å². The molecule has 1 aromatic carbocycles. The van der Waals surface area contributed by atoms with Crippen LogP contribution in [0.15, 0.2) is 24.3 Å². The Morgan fingerprint density at radius 2 is 1.92 bits per heavy atom. The monoisotopic (exact) mass is 174 g/mol. The summed E-state index contributed by atoms with van der Waals surface area (Å²) in [5.41, 5.74) is 1.51. The molecule has 0 amide bonds. The number of aryl methyl sites for hydroxylation is 1. The quantitative estimate of drug-likeness (QED) is 0.588. The van der Waals surface area contributed by atoms with Gasteiger partial charge in [0.15, 0.2) is 0 Å². The van der Waals surface area contributed by atoms with E-state index in [1.54, 1.807) is 12.1 Å². The number of carboxylic acids is 1. The molecule has 0 radical (unpaired) electrons. The molecule has 1 aromatic rings. The fourth-order valence-corrected chi connectivity index (χ4v) is 0.883. The summed E-state index contributed by atoms with van der Waals surface area (Å²) >= 11 is 0. The average molecular weight is 174 g/mol.